The lowest BCUT2D eigenvalue weighted by Crippen LogP contribution is -2.20. The minimum atomic E-state index is 0.555. The van der Waals surface area contributed by atoms with Crippen LogP contribution < -0.4 is 10.6 Å². The fourth-order valence-electron chi connectivity index (χ4n) is 3.32. The van der Waals surface area contributed by atoms with E-state index < -0.39 is 0 Å². The first-order chi connectivity index (χ1) is 11.8. The molecule has 0 amide bonds. The molecule has 3 rings (SSSR count). The van der Waals surface area contributed by atoms with Crippen LogP contribution >= 0.6 is 0 Å². The van der Waals surface area contributed by atoms with Crippen LogP contribution in [0.25, 0.3) is 0 Å². The van der Waals surface area contributed by atoms with Gasteiger partial charge in [-0.05, 0) is 31.7 Å². The van der Waals surface area contributed by atoms with Crippen molar-refractivity contribution < 1.29 is 0 Å². The average Bonchev–Trinajstić information content (AvgIpc) is 2.84. The molecule has 0 radical (unpaired) electrons. The van der Waals surface area contributed by atoms with Crippen molar-refractivity contribution in [3.8, 4) is 0 Å². The highest BCUT2D eigenvalue weighted by Crippen LogP contribution is 2.21. The van der Waals surface area contributed by atoms with E-state index in [-0.39, 0.29) is 0 Å². The molecule has 128 valence electrons. The lowest BCUT2D eigenvalue weighted by Gasteiger charge is -2.17. The summed E-state index contributed by atoms with van der Waals surface area (Å²) in [7, 11) is 0. The van der Waals surface area contributed by atoms with E-state index in [0.29, 0.717) is 6.04 Å². The smallest absolute Gasteiger partial charge is 0.224 e. The molecule has 2 N–H and O–H groups in total. The number of aromatic nitrogens is 2. The zero-order chi connectivity index (χ0) is 16.6. The molecule has 4 nitrogen and oxygen atoms in total. The second kappa shape index (κ2) is 8.67. The van der Waals surface area contributed by atoms with Gasteiger partial charge in [-0.1, -0.05) is 56.0 Å². The molecule has 24 heavy (non-hydrogen) atoms. The predicted octanol–water partition coefficient (Wildman–Crippen LogP) is 4.57. The highest BCUT2D eigenvalue weighted by atomic mass is 15.1. The van der Waals surface area contributed by atoms with Crippen LogP contribution in [0.5, 0.6) is 0 Å². The quantitative estimate of drug-likeness (QED) is 0.764. The summed E-state index contributed by atoms with van der Waals surface area (Å²) in [6.45, 7) is 2.87. The average molecular weight is 324 g/mol. The van der Waals surface area contributed by atoms with Crippen LogP contribution in [0.2, 0.25) is 0 Å². The number of rotatable bonds is 6. The van der Waals surface area contributed by atoms with Crippen molar-refractivity contribution in [1.82, 2.24) is 9.97 Å². The maximum atomic E-state index is 4.66. The minimum absolute atomic E-state index is 0.555. The van der Waals surface area contributed by atoms with Gasteiger partial charge in [-0.2, -0.15) is 4.98 Å². The molecule has 4 heteroatoms. The largest absolute Gasteiger partial charge is 0.367 e. The van der Waals surface area contributed by atoms with Crippen molar-refractivity contribution in [1.29, 1.82) is 0 Å². The van der Waals surface area contributed by atoms with Gasteiger partial charge < -0.3 is 10.6 Å². The molecule has 1 aliphatic rings. The summed E-state index contributed by atoms with van der Waals surface area (Å²) in [5, 5.41) is 6.98. The van der Waals surface area contributed by atoms with Crippen LogP contribution in [0.3, 0.4) is 0 Å². The maximum Gasteiger partial charge on any atom is 0.224 e. The number of hydrogen-bond acceptors (Lipinski definition) is 4. The van der Waals surface area contributed by atoms with Crippen molar-refractivity contribution in [3.05, 3.63) is 47.7 Å². The van der Waals surface area contributed by atoms with Crippen LogP contribution in [0.1, 0.15) is 49.8 Å². The number of benzene rings is 1. The van der Waals surface area contributed by atoms with E-state index in [1.54, 1.807) is 0 Å². The van der Waals surface area contributed by atoms with Gasteiger partial charge in [-0.15, -0.1) is 0 Å². The summed E-state index contributed by atoms with van der Waals surface area (Å²) in [6, 6.07) is 13.1. The van der Waals surface area contributed by atoms with Gasteiger partial charge in [0.1, 0.15) is 5.82 Å². The Morgan fingerprint density at radius 2 is 1.75 bits per heavy atom. The highest BCUT2D eigenvalue weighted by molar-refractivity contribution is 5.43. The molecule has 2 aromatic rings. The van der Waals surface area contributed by atoms with Gasteiger partial charge in [0, 0.05) is 24.3 Å². The first-order valence-electron chi connectivity index (χ1n) is 9.19. The Balaban J connectivity index is 1.56. The molecule has 0 unspecified atom stereocenters. The Hall–Kier alpha value is -2.10. The van der Waals surface area contributed by atoms with Crippen LogP contribution in [0.4, 0.5) is 11.8 Å². The fraction of sp³-hybridized carbons (Fsp3) is 0.500. The van der Waals surface area contributed by atoms with Crippen molar-refractivity contribution in [3.63, 3.8) is 0 Å². The predicted molar refractivity (Wildman–Crippen MR) is 101 cm³/mol. The molecule has 0 saturated heterocycles. The molecule has 0 spiro atoms. The van der Waals surface area contributed by atoms with Crippen molar-refractivity contribution in [2.45, 2.75) is 57.9 Å². The number of nitrogens with zero attached hydrogens (tertiary/aromatic N) is 2. The van der Waals surface area contributed by atoms with E-state index in [9.17, 15) is 0 Å². The number of hydrogen-bond donors (Lipinski definition) is 2. The second-order valence-corrected chi connectivity index (χ2v) is 6.71. The zero-order valence-electron chi connectivity index (χ0n) is 14.6. The lowest BCUT2D eigenvalue weighted by atomic mass is 10.1. The van der Waals surface area contributed by atoms with E-state index in [1.807, 2.05) is 19.1 Å². The molecule has 0 atom stereocenters. The van der Waals surface area contributed by atoms with Gasteiger partial charge in [-0.25, -0.2) is 4.98 Å². The zero-order valence-corrected chi connectivity index (χ0v) is 14.6. The minimum Gasteiger partial charge on any atom is -0.367 e. The molecule has 1 aliphatic carbocycles. The molecule has 1 aromatic carbocycles. The monoisotopic (exact) mass is 324 g/mol. The first kappa shape index (κ1) is 16.7. The van der Waals surface area contributed by atoms with Crippen LogP contribution in [-0.2, 0) is 6.42 Å². The number of anilines is 2. The standard InChI is InChI=1S/C20H28N4/c1-16-15-19(23-18-11-7-2-3-8-12-18)24-20(22-16)21-14-13-17-9-5-4-6-10-17/h4-6,9-10,15,18H,2-3,7-8,11-14H2,1H3,(H2,21,22,23,24). The SMILES string of the molecule is Cc1cc(NC2CCCCCC2)nc(NCCc2ccccc2)n1. The van der Waals surface area contributed by atoms with E-state index in [0.717, 1.165) is 30.4 Å². The highest BCUT2D eigenvalue weighted by Gasteiger charge is 2.13. The molecule has 0 aliphatic heterocycles. The Morgan fingerprint density at radius 3 is 2.50 bits per heavy atom. The van der Waals surface area contributed by atoms with Gasteiger partial charge in [0.15, 0.2) is 0 Å². The van der Waals surface area contributed by atoms with Crippen molar-refractivity contribution >= 4 is 11.8 Å². The molecular weight excluding hydrogens is 296 g/mol. The van der Waals surface area contributed by atoms with E-state index >= 15 is 0 Å². The topological polar surface area (TPSA) is 49.8 Å². The summed E-state index contributed by atoms with van der Waals surface area (Å²) in [5.41, 5.74) is 2.33. The van der Waals surface area contributed by atoms with Gasteiger partial charge in [0.2, 0.25) is 5.95 Å². The molecule has 1 aromatic heterocycles. The summed E-state index contributed by atoms with van der Waals surface area (Å²) >= 11 is 0. The van der Waals surface area contributed by atoms with Gasteiger partial charge in [0.05, 0.1) is 0 Å². The summed E-state index contributed by atoms with van der Waals surface area (Å²) in [4.78, 5) is 9.17. The van der Waals surface area contributed by atoms with E-state index in [2.05, 4.69) is 44.9 Å². The van der Waals surface area contributed by atoms with Gasteiger partial charge in [-0.3, -0.25) is 0 Å². The van der Waals surface area contributed by atoms with Crippen LogP contribution in [0.15, 0.2) is 36.4 Å². The van der Waals surface area contributed by atoms with E-state index in [4.69, 9.17) is 0 Å². The summed E-state index contributed by atoms with van der Waals surface area (Å²) in [6.07, 6.45) is 8.86. The summed E-state index contributed by atoms with van der Waals surface area (Å²) < 4.78 is 0. The maximum absolute atomic E-state index is 4.66. The fourth-order valence-corrected chi connectivity index (χ4v) is 3.32. The third-order valence-corrected chi connectivity index (χ3v) is 4.60. The molecule has 1 fully saturated rings. The number of nitrogens with one attached hydrogen (secondary N) is 2. The third-order valence-electron chi connectivity index (χ3n) is 4.60. The lowest BCUT2D eigenvalue weighted by molar-refractivity contribution is 0.617. The molecular formula is C20H28N4. The molecule has 0 bridgehead atoms. The second-order valence-electron chi connectivity index (χ2n) is 6.71. The third kappa shape index (κ3) is 5.22. The Bertz CT molecular complexity index is 619. The first-order valence-corrected chi connectivity index (χ1v) is 9.19. The summed E-state index contributed by atoms with van der Waals surface area (Å²) in [5.74, 6) is 1.68. The van der Waals surface area contributed by atoms with Crippen molar-refractivity contribution in [2.75, 3.05) is 17.2 Å². The van der Waals surface area contributed by atoms with Crippen molar-refractivity contribution in [2.24, 2.45) is 0 Å². The Labute approximate surface area is 145 Å². The van der Waals surface area contributed by atoms with Gasteiger partial charge in [0.25, 0.3) is 0 Å². The van der Waals surface area contributed by atoms with Gasteiger partial charge >= 0.3 is 0 Å². The number of aryl methyl sites for hydroxylation is 1. The van der Waals surface area contributed by atoms with Crippen LogP contribution in [-0.4, -0.2) is 22.6 Å². The van der Waals surface area contributed by atoms with Crippen LogP contribution in [0, 0.1) is 6.92 Å². The van der Waals surface area contributed by atoms with E-state index in [1.165, 1.54) is 44.1 Å². The Kier molecular flexibility index (Phi) is 6.05. The Morgan fingerprint density at radius 1 is 1.00 bits per heavy atom. The normalized spacial score (nSPS) is 15.7. The molecule has 1 heterocycles. The molecule has 1 saturated carbocycles.